The van der Waals surface area contributed by atoms with Crippen molar-refractivity contribution in [1.29, 1.82) is 0 Å². The molecule has 0 saturated carbocycles. The SMILES string of the molecule is Cl.NCCNC(=O)OCc1ccc(Cl)c(Cl)c1. The molecule has 1 aromatic carbocycles. The first-order chi connectivity index (χ1) is 7.63. The number of nitrogens with one attached hydrogen (secondary N) is 1. The van der Waals surface area contributed by atoms with Gasteiger partial charge in [-0.05, 0) is 17.7 Å². The molecule has 0 aromatic heterocycles. The van der Waals surface area contributed by atoms with E-state index in [4.69, 9.17) is 33.7 Å². The molecule has 0 radical (unpaired) electrons. The second-order valence-corrected chi connectivity index (χ2v) is 3.85. The van der Waals surface area contributed by atoms with Gasteiger partial charge in [0.25, 0.3) is 0 Å². The Bertz CT molecular complexity index is 375. The lowest BCUT2D eigenvalue weighted by molar-refractivity contribution is 0.140. The number of nitrogens with two attached hydrogens (primary N) is 1. The summed E-state index contributed by atoms with van der Waals surface area (Å²) in [5.74, 6) is 0. The molecule has 0 spiro atoms. The van der Waals surface area contributed by atoms with Gasteiger partial charge in [-0.25, -0.2) is 4.79 Å². The minimum absolute atomic E-state index is 0. The van der Waals surface area contributed by atoms with Gasteiger partial charge in [-0.1, -0.05) is 29.3 Å². The van der Waals surface area contributed by atoms with Crippen LogP contribution in [0.1, 0.15) is 5.56 Å². The van der Waals surface area contributed by atoms with E-state index in [0.29, 0.717) is 23.1 Å². The summed E-state index contributed by atoms with van der Waals surface area (Å²) in [6, 6.07) is 5.05. The Balaban J connectivity index is 0.00000256. The molecule has 4 nitrogen and oxygen atoms in total. The average molecular weight is 300 g/mol. The van der Waals surface area contributed by atoms with Crippen LogP contribution < -0.4 is 11.1 Å². The Labute approximate surface area is 116 Å². The fraction of sp³-hybridized carbons (Fsp3) is 0.300. The Morgan fingerprint density at radius 3 is 2.65 bits per heavy atom. The molecule has 3 N–H and O–H groups in total. The Kier molecular flexibility index (Phi) is 8.08. The van der Waals surface area contributed by atoms with Crippen LogP contribution in [0.25, 0.3) is 0 Å². The smallest absolute Gasteiger partial charge is 0.407 e. The van der Waals surface area contributed by atoms with Gasteiger partial charge >= 0.3 is 6.09 Å². The fourth-order valence-electron chi connectivity index (χ4n) is 1.00. The Hall–Kier alpha value is -0.680. The van der Waals surface area contributed by atoms with E-state index >= 15 is 0 Å². The van der Waals surface area contributed by atoms with Crippen molar-refractivity contribution < 1.29 is 9.53 Å². The molecule has 0 atom stereocenters. The van der Waals surface area contributed by atoms with Crippen LogP contribution in [0.5, 0.6) is 0 Å². The van der Waals surface area contributed by atoms with Gasteiger partial charge in [-0.2, -0.15) is 0 Å². The first-order valence-electron chi connectivity index (χ1n) is 4.68. The zero-order valence-electron chi connectivity index (χ0n) is 8.91. The predicted molar refractivity (Wildman–Crippen MR) is 71.0 cm³/mol. The van der Waals surface area contributed by atoms with E-state index in [-0.39, 0.29) is 19.0 Å². The topological polar surface area (TPSA) is 64.3 Å². The summed E-state index contributed by atoms with van der Waals surface area (Å²) in [6.07, 6.45) is -0.503. The van der Waals surface area contributed by atoms with E-state index in [0.717, 1.165) is 5.56 Å². The van der Waals surface area contributed by atoms with Crippen LogP contribution in [0.4, 0.5) is 4.79 Å². The third kappa shape index (κ3) is 5.98. The lowest BCUT2D eigenvalue weighted by Gasteiger charge is -2.06. The number of carbonyl (C=O) groups excluding carboxylic acids is 1. The highest BCUT2D eigenvalue weighted by molar-refractivity contribution is 6.42. The molecule has 1 aromatic rings. The van der Waals surface area contributed by atoms with E-state index < -0.39 is 6.09 Å². The molecule has 0 unspecified atom stereocenters. The van der Waals surface area contributed by atoms with E-state index in [1.54, 1.807) is 18.2 Å². The zero-order chi connectivity index (χ0) is 12.0. The second kappa shape index (κ2) is 8.42. The number of rotatable bonds is 4. The standard InChI is InChI=1S/C10H12Cl2N2O2.ClH/c11-8-2-1-7(5-9(8)12)6-16-10(15)14-4-3-13;/h1-2,5H,3-4,6,13H2,(H,14,15);1H. The van der Waals surface area contributed by atoms with E-state index in [9.17, 15) is 4.79 Å². The van der Waals surface area contributed by atoms with Crippen molar-refractivity contribution in [3.63, 3.8) is 0 Å². The molecule has 0 aliphatic carbocycles. The van der Waals surface area contributed by atoms with Crippen molar-refractivity contribution in [2.24, 2.45) is 5.73 Å². The van der Waals surface area contributed by atoms with Crippen LogP contribution in [-0.2, 0) is 11.3 Å². The van der Waals surface area contributed by atoms with E-state index in [1.807, 2.05) is 0 Å². The maximum Gasteiger partial charge on any atom is 0.407 e. The minimum atomic E-state index is -0.503. The number of amides is 1. The Morgan fingerprint density at radius 1 is 1.35 bits per heavy atom. The molecule has 0 aliphatic rings. The number of halogens is 3. The molecule has 7 heteroatoms. The largest absolute Gasteiger partial charge is 0.445 e. The molecule has 0 saturated heterocycles. The summed E-state index contributed by atoms with van der Waals surface area (Å²) in [5, 5.41) is 3.39. The number of hydrogen-bond donors (Lipinski definition) is 2. The number of hydrogen-bond acceptors (Lipinski definition) is 3. The number of alkyl carbamates (subject to hydrolysis) is 1. The van der Waals surface area contributed by atoms with Crippen molar-refractivity contribution in [3.8, 4) is 0 Å². The third-order valence-corrected chi connectivity index (χ3v) is 2.51. The first kappa shape index (κ1) is 16.3. The van der Waals surface area contributed by atoms with Crippen molar-refractivity contribution in [2.75, 3.05) is 13.1 Å². The average Bonchev–Trinajstić information content (AvgIpc) is 2.28. The van der Waals surface area contributed by atoms with E-state index in [1.165, 1.54) is 0 Å². The van der Waals surface area contributed by atoms with Gasteiger partial charge < -0.3 is 15.8 Å². The molecule has 0 aliphatic heterocycles. The maximum absolute atomic E-state index is 11.1. The number of benzene rings is 1. The normalized spacial score (nSPS) is 9.35. The summed E-state index contributed by atoms with van der Waals surface area (Å²) in [4.78, 5) is 11.1. The van der Waals surface area contributed by atoms with Crippen LogP contribution in [0.3, 0.4) is 0 Å². The van der Waals surface area contributed by atoms with Crippen LogP contribution in [0.15, 0.2) is 18.2 Å². The summed E-state index contributed by atoms with van der Waals surface area (Å²) in [6.45, 7) is 0.912. The van der Waals surface area contributed by atoms with Crippen molar-refractivity contribution in [2.45, 2.75) is 6.61 Å². The highest BCUT2D eigenvalue weighted by Crippen LogP contribution is 2.22. The summed E-state index contributed by atoms with van der Waals surface area (Å²) >= 11 is 11.6. The lowest BCUT2D eigenvalue weighted by Crippen LogP contribution is -2.29. The molecular formula is C10H13Cl3N2O2. The van der Waals surface area contributed by atoms with Crippen molar-refractivity contribution in [3.05, 3.63) is 33.8 Å². The molecule has 96 valence electrons. The monoisotopic (exact) mass is 298 g/mol. The van der Waals surface area contributed by atoms with Crippen LogP contribution in [-0.4, -0.2) is 19.2 Å². The van der Waals surface area contributed by atoms with Gasteiger partial charge in [0.05, 0.1) is 10.0 Å². The van der Waals surface area contributed by atoms with Gasteiger partial charge in [0.15, 0.2) is 0 Å². The van der Waals surface area contributed by atoms with Crippen LogP contribution in [0.2, 0.25) is 10.0 Å². The minimum Gasteiger partial charge on any atom is -0.445 e. The second-order valence-electron chi connectivity index (χ2n) is 3.04. The molecular weight excluding hydrogens is 286 g/mol. The molecule has 1 rings (SSSR count). The van der Waals surface area contributed by atoms with Crippen LogP contribution in [0, 0.1) is 0 Å². The van der Waals surface area contributed by atoms with Crippen LogP contribution >= 0.6 is 35.6 Å². The molecule has 0 bridgehead atoms. The van der Waals surface area contributed by atoms with Gasteiger partial charge in [-0.15, -0.1) is 12.4 Å². The van der Waals surface area contributed by atoms with Gasteiger partial charge in [-0.3, -0.25) is 0 Å². The highest BCUT2D eigenvalue weighted by Gasteiger charge is 2.03. The van der Waals surface area contributed by atoms with Gasteiger partial charge in [0.2, 0.25) is 0 Å². The zero-order valence-corrected chi connectivity index (χ0v) is 11.2. The lowest BCUT2D eigenvalue weighted by atomic mass is 10.2. The number of ether oxygens (including phenoxy) is 1. The molecule has 0 fully saturated rings. The predicted octanol–water partition coefficient (Wildman–Crippen LogP) is 2.60. The summed E-state index contributed by atoms with van der Waals surface area (Å²) < 4.78 is 4.92. The quantitative estimate of drug-likeness (QED) is 0.898. The Morgan fingerprint density at radius 2 is 2.06 bits per heavy atom. The maximum atomic E-state index is 11.1. The molecule has 0 heterocycles. The number of carbonyl (C=O) groups is 1. The van der Waals surface area contributed by atoms with Gasteiger partial charge in [0.1, 0.15) is 6.61 Å². The summed E-state index contributed by atoms with van der Waals surface area (Å²) in [7, 11) is 0. The summed E-state index contributed by atoms with van der Waals surface area (Å²) in [5.41, 5.74) is 5.99. The van der Waals surface area contributed by atoms with Crippen molar-refractivity contribution in [1.82, 2.24) is 5.32 Å². The molecule has 17 heavy (non-hydrogen) atoms. The van der Waals surface area contributed by atoms with Gasteiger partial charge in [0, 0.05) is 13.1 Å². The fourth-order valence-corrected chi connectivity index (χ4v) is 1.32. The molecule has 1 amide bonds. The van der Waals surface area contributed by atoms with E-state index in [2.05, 4.69) is 5.32 Å². The third-order valence-electron chi connectivity index (χ3n) is 1.77. The highest BCUT2D eigenvalue weighted by atomic mass is 35.5. The van der Waals surface area contributed by atoms with Crippen molar-refractivity contribution >= 4 is 41.7 Å². The first-order valence-corrected chi connectivity index (χ1v) is 5.43.